The molecular formula is C18H23FN2O6. The predicted molar refractivity (Wildman–Crippen MR) is 93.8 cm³/mol. The summed E-state index contributed by atoms with van der Waals surface area (Å²) in [6, 6.07) is 1.04. The fourth-order valence-corrected chi connectivity index (χ4v) is 2.54. The molecule has 1 aromatic heterocycles. The highest BCUT2D eigenvalue weighted by Gasteiger charge is 2.57. The van der Waals surface area contributed by atoms with Crippen LogP contribution in [0, 0.1) is 5.92 Å². The Morgan fingerprint density at radius 1 is 1.52 bits per heavy atom. The normalized spacial score (nSPS) is 27.3. The van der Waals surface area contributed by atoms with Gasteiger partial charge in [0.25, 0.3) is 5.56 Å². The molecule has 0 unspecified atom stereocenters. The predicted octanol–water partition coefficient (Wildman–Crippen LogP) is 0.824. The Hall–Kier alpha value is -2.48. The lowest BCUT2D eigenvalue weighted by Gasteiger charge is -2.25. The number of hydrogen-bond acceptors (Lipinski definition) is 6. The van der Waals surface area contributed by atoms with E-state index in [1.54, 1.807) is 27.7 Å². The van der Waals surface area contributed by atoms with Gasteiger partial charge in [-0.15, -0.1) is 5.73 Å². The molecule has 8 nitrogen and oxygen atoms in total. The van der Waals surface area contributed by atoms with Gasteiger partial charge >= 0.3 is 11.7 Å². The van der Waals surface area contributed by atoms with Crippen LogP contribution in [0.25, 0.3) is 0 Å². The van der Waals surface area contributed by atoms with E-state index < -0.39 is 47.2 Å². The minimum absolute atomic E-state index is 0.388. The summed E-state index contributed by atoms with van der Waals surface area (Å²) in [6.45, 7) is 6.25. The number of nitrogens with one attached hydrogen (secondary N) is 1. The fraction of sp³-hybridized carbons (Fsp3) is 0.556. The standard InChI is InChI=1S/C18H23FN2O6/c1-10(2)5-7-18(19)14(23)12(9-26-15(24)11(3)4)27-16(18)21-8-6-13(22)20-17(21)25/h6-8,11-12,14,16,23H,9H2,1-4H3,(H,20,22,25)/t12-,14-,16-,18-/m1/s1. The second-order valence-electron chi connectivity index (χ2n) is 6.89. The number of aliphatic hydroxyl groups excluding tert-OH is 1. The second-order valence-corrected chi connectivity index (χ2v) is 6.89. The summed E-state index contributed by atoms with van der Waals surface area (Å²) in [5.74, 6) is -0.929. The fourth-order valence-electron chi connectivity index (χ4n) is 2.54. The Labute approximate surface area is 154 Å². The van der Waals surface area contributed by atoms with Crippen LogP contribution in [-0.2, 0) is 14.3 Å². The van der Waals surface area contributed by atoms with Crippen molar-refractivity contribution in [1.29, 1.82) is 0 Å². The molecule has 4 atom stereocenters. The van der Waals surface area contributed by atoms with Crippen LogP contribution in [0.5, 0.6) is 0 Å². The first kappa shape index (κ1) is 20.8. The van der Waals surface area contributed by atoms with Crippen molar-refractivity contribution >= 4 is 5.97 Å². The maximum absolute atomic E-state index is 15.7. The van der Waals surface area contributed by atoms with Gasteiger partial charge in [-0.1, -0.05) is 13.8 Å². The Kier molecular flexibility index (Phi) is 6.20. The summed E-state index contributed by atoms with van der Waals surface area (Å²) in [4.78, 5) is 37.0. The number of H-pyrrole nitrogens is 1. The number of carbonyl (C=O) groups excluding carboxylic acids is 1. The summed E-state index contributed by atoms with van der Waals surface area (Å²) in [5.41, 5.74) is -0.767. The molecule has 27 heavy (non-hydrogen) atoms. The van der Waals surface area contributed by atoms with Gasteiger partial charge in [0.15, 0.2) is 6.23 Å². The van der Waals surface area contributed by atoms with Crippen LogP contribution in [0.1, 0.15) is 33.9 Å². The lowest BCUT2D eigenvalue weighted by Crippen LogP contribution is -2.44. The summed E-state index contributed by atoms with van der Waals surface area (Å²) in [6.07, 6.45) is -2.46. The zero-order chi connectivity index (χ0) is 20.4. The van der Waals surface area contributed by atoms with Crippen molar-refractivity contribution in [2.24, 2.45) is 5.92 Å². The third kappa shape index (κ3) is 4.44. The van der Waals surface area contributed by atoms with Crippen molar-refractivity contribution in [3.05, 3.63) is 50.5 Å². The number of hydrogen-bond donors (Lipinski definition) is 2. The summed E-state index contributed by atoms with van der Waals surface area (Å²) < 4.78 is 27.1. The van der Waals surface area contributed by atoms with Gasteiger partial charge < -0.3 is 14.6 Å². The first-order valence-electron chi connectivity index (χ1n) is 8.48. The van der Waals surface area contributed by atoms with Crippen molar-refractivity contribution in [2.75, 3.05) is 6.61 Å². The van der Waals surface area contributed by atoms with Gasteiger partial charge in [-0.3, -0.25) is 19.1 Å². The van der Waals surface area contributed by atoms with E-state index >= 15 is 4.39 Å². The van der Waals surface area contributed by atoms with Gasteiger partial charge in [-0.05, 0) is 19.4 Å². The first-order chi connectivity index (χ1) is 12.6. The molecule has 2 heterocycles. The lowest BCUT2D eigenvalue weighted by molar-refractivity contribution is -0.153. The van der Waals surface area contributed by atoms with Gasteiger partial charge in [-0.2, -0.15) is 0 Å². The molecule has 0 aliphatic carbocycles. The Morgan fingerprint density at radius 3 is 2.74 bits per heavy atom. The highest BCUT2D eigenvalue weighted by Crippen LogP contribution is 2.42. The number of aromatic amines is 1. The monoisotopic (exact) mass is 382 g/mol. The minimum Gasteiger partial charge on any atom is -0.463 e. The molecule has 1 aromatic rings. The number of halogens is 1. The SMILES string of the molecule is CC(C)=C=C[C@@]1(F)[C@H](O)[C@@H](COC(=O)C(C)C)O[C@H]1n1ccc(=O)[nH]c1=O. The minimum atomic E-state index is -2.53. The van der Waals surface area contributed by atoms with Gasteiger partial charge in [0, 0.05) is 18.3 Å². The number of alkyl halides is 1. The van der Waals surface area contributed by atoms with Crippen LogP contribution in [0.15, 0.2) is 39.2 Å². The quantitative estimate of drug-likeness (QED) is 0.576. The van der Waals surface area contributed by atoms with Crippen LogP contribution in [0.3, 0.4) is 0 Å². The highest BCUT2D eigenvalue weighted by molar-refractivity contribution is 5.71. The van der Waals surface area contributed by atoms with Crippen LogP contribution >= 0.6 is 0 Å². The zero-order valence-electron chi connectivity index (χ0n) is 15.6. The Morgan fingerprint density at radius 2 is 2.19 bits per heavy atom. The molecule has 148 valence electrons. The summed E-state index contributed by atoms with van der Waals surface area (Å²) >= 11 is 0. The molecule has 1 saturated heterocycles. The van der Waals surface area contributed by atoms with E-state index in [0.29, 0.717) is 5.57 Å². The lowest BCUT2D eigenvalue weighted by atomic mass is 9.95. The van der Waals surface area contributed by atoms with Crippen molar-refractivity contribution < 1.29 is 23.8 Å². The van der Waals surface area contributed by atoms with Gasteiger partial charge in [0.1, 0.15) is 18.8 Å². The maximum atomic E-state index is 15.7. The topological polar surface area (TPSA) is 111 Å². The number of esters is 1. The number of carbonyl (C=O) groups is 1. The molecule has 1 aliphatic rings. The molecule has 0 aromatic carbocycles. The Balaban J connectivity index is 2.42. The van der Waals surface area contributed by atoms with E-state index in [2.05, 4.69) is 5.73 Å². The molecule has 0 saturated carbocycles. The van der Waals surface area contributed by atoms with E-state index in [0.717, 1.165) is 22.9 Å². The largest absolute Gasteiger partial charge is 0.463 e. The van der Waals surface area contributed by atoms with Gasteiger partial charge in [-0.25, -0.2) is 9.18 Å². The van der Waals surface area contributed by atoms with Crippen molar-refractivity contribution in [1.82, 2.24) is 9.55 Å². The van der Waals surface area contributed by atoms with E-state index in [1.165, 1.54) is 0 Å². The number of ether oxygens (including phenoxy) is 2. The second kappa shape index (κ2) is 8.04. The molecule has 9 heteroatoms. The van der Waals surface area contributed by atoms with Crippen LogP contribution in [0.2, 0.25) is 0 Å². The third-order valence-electron chi connectivity index (χ3n) is 4.03. The molecule has 2 N–H and O–H groups in total. The number of aliphatic hydroxyl groups is 1. The molecule has 2 rings (SSSR count). The molecule has 1 fully saturated rings. The van der Waals surface area contributed by atoms with E-state index in [-0.39, 0.29) is 6.61 Å². The maximum Gasteiger partial charge on any atom is 0.330 e. The van der Waals surface area contributed by atoms with Crippen molar-refractivity contribution in [2.45, 2.75) is 51.8 Å². The van der Waals surface area contributed by atoms with Crippen LogP contribution in [-0.4, -0.2) is 45.1 Å². The van der Waals surface area contributed by atoms with E-state index in [9.17, 15) is 19.5 Å². The van der Waals surface area contributed by atoms with E-state index in [1.807, 2.05) is 4.98 Å². The Bertz CT molecular complexity index is 878. The van der Waals surface area contributed by atoms with Gasteiger partial charge in [0.05, 0.1) is 5.92 Å². The van der Waals surface area contributed by atoms with Crippen LogP contribution < -0.4 is 11.2 Å². The average molecular weight is 382 g/mol. The molecule has 0 spiro atoms. The van der Waals surface area contributed by atoms with Crippen LogP contribution in [0.4, 0.5) is 4.39 Å². The average Bonchev–Trinajstić information content (AvgIpc) is 2.83. The molecular weight excluding hydrogens is 359 g/mol. The van der Waals surface area contributed by atoms with Gasteiger partial charge in [0.2, 0.25) is 5.67 Å². The number of nitrogens with zero attached hydrogens (tertiary/aromatic N) is 1. The first-order valence-corrected chi connectivity index (χ1v) is 8.48. The van der Waals surface area contributed by atoms with E-state index in [4.69, 9.17) is 9.47 Å². The zero-order valence-corrected chi connectivity index (χ0v) is 15.6. The number of aromatic nitrogens is 2. The smallest absolute Gasteiger partial charge is 0.330 e. The summed E-state index contributed by atoms with van der Waals surface area (Å²) in [5, 5.41) is 10.5. The number of rotatable bonds is 5. The molecule has 0 bridgehead atoms. The molecule has 0 amide bonds. The molecule has 1 aliphatic heterocycles. The highest BCUT2D eigenvalue weighted by atomic mass is 19.1. The third-order valence-corrected chi connectivity index (χ3v) is 4.03. The summed E-state index contributed by atoms with van der Waals surface area (Å²) in [7, 11) is 0. The van der Waals surface area contributed by atoms with Crippen molar-refractivity contribution in [3.8, 4) is 0 Å². The van der Waals surface area contributed by atoms with Crippen molar-refractivity contribution in [3.63, 3.8) is 0 Å². The molecule has 0 radical (unpaired) electrons.